The van der Waals surface area contributed by atoms with Gasteiger partial charge in [0.05, 0.1) is 0 Å². The third kappa shape index (κ3) is 6.66. The molecule has 0 heterocycles. The molecule has 2 aromatic rings. The maximum Gasteiger partial charge on any atom is 0.275 e. The molecule has 2 rings (SSSR count). The molecule has 1 N–H and O–H groups in total. The van der Waals surface area contributed by atoms with Crippen LogP contribution in [0.1, 0.15) is 137 Å². The highest BCUT2D eigenvalue weighted by molar-refractivity contribution is 7.73. The molecule has 0 saturated carbocycles. The Balaban J connectivity index is 2.60. The largest absolute Gasteiger partial charge is 0.379 e. The van der Waals surface area contributed by atoms with Gasteiger partial charge in [0.2, 0.25) is 0 Å². The minimum absolute atomic E-state index is 0.0570. The fraction of sp³-hybridized carbons (Fsp3) is 0.552. The summed E-state index contributed by atoms with van der Waals surface area (Å²) in [6.07, 6.45) is 0. The number of amides is 1. The zero-order valence-corrected chi connectivity index (χ0v) is 23.8. The second-order valence-corrected chi connectivity index (χ2v) is 12.0. The molecule has 1 amide bonds. The van der Waals surface area contributed by atoms with Gasteiger partial charge in [-0.2, -0.15) is 5.48 Å². The number of para-hydroxylation sites is 1. The molecule has 0 bridgehead atoms. The molecular weight excluding hydrogens is 458 g/mol. The molecule has 0 aromatic heterocycles. The lowest BCUT2D eigenvalue weighted by Crippen LogP contribution is -2.34. The summed E-state index contributed by atoms with van der Waals surface area (Å²) < 4.78 is 25.2. The summed E-state index contributed by atoms with van der Waals surface area (Å²) in [5.41, 5.74) is 7.96. The summed E-state index contributed by atoms with van der Waals surface area (Å²) in [5.74, 6) is 0.678. The van der Waals surface area contributed by atoms with Gasteiger partial charge in [-0.25, -0.2) is 8.42 Å². The molecule has 0 saturated heterocycles. The number of hydrogen-bond donors (Lipinski definition) is 2. The molecule has 194 valence electrons. The normalized spacial score (nSPS) is 12.9. The van der Waals surface area contributed by atoms with Crippen LogP contribution in [0.25, 0.3) is 0 Å². The van der Waals surface area contributed by atoms with Crippen LogP contribution < -0.4 is 10.3 Å². The predicted octanol–water partition coefficient (Wildman–Crippen LogP) is 7.07. The molecule has 0 aliphatic carbocycles. The van der Waals surface area contributed by atoms with E-state index in [9.17, 15) is 13.2 Å². The molecule has 0 spiro atoms. The van der Waals surface area contributed by atoms with Gasteiger partial charge in [-0.05, 0) is 51.8 Å². The quantitative estimate of drug-likeness (QED) is 0.270. The number of hydrogen-bond acceptors (Lipinski definition) is 4. The Morgan fingerprint density at radius 1 is 0.714 bits per heavy atom. The fourth-order valence-corrected chi connectivity index (χ4v) is 5.17. The van der Waals surface area contributed by atoms with Crippen LogP contribution >= 0.6 is 0 Å². The monoisotopic (exact) mass is 501 g/mol. The Bertz CT molecular complexity index is 1050. The second kappa shape index (κ2) is 12.1. The van der Waals surface area contributed by atoms with E-state index in [0.29, 0.717) is 11.3 Å². The lowest BCUT2D eigenvalue weighted by molar-refractivity contribution is -0.127. The van der Waals surface area contributed by atoms with E-state index >= 15 is 0 Å². The number of carbonyl (C=O) groups is 1. The van der Waals surface area contributed by atoms with Crippen molar-refractivity contribution in [2.45, 2.75) is 104 Å². The lowest BCUT2D eigenvalue weighted by atomic mass is 9.83. The number of thiol groups is 1. The first-order valence-electron chi connectivity index (χ1n) is 12.7. The zero-order valence-electron chi connectivity index (χ0n) is 22.9. The SMILES string of the molecule is CC(C)c1cc(C(C)C)c(C(C(=O)NOc2c(C(C)C)cccc2C(C)C)[SH](=O)=O)c(C(C)C)c1. The molecule has 5 nitrogen and oxygen atoms in total. The third-order valence-corrected chi connectivity index (χ3v) is 7.40. The van der Waals surface area contributed by atoms with Crippen molar-refractivity contribution in [3.63, 3.8) is 0 Å². The van der Waals surface area contributed by atoms with E-state index in [1.807, 2.05) is 45.9 Å². The van der Waals surface area contributed by atoms with Crippen molar-refractivity contribution in [3.8, 4) is 5.75 Å². The third-order valence-electron chi connectivity index (χ3n) is 6.48. The van der Waals surface area contributed by atoms with Crippen molar-refractivity contribution in [2.24, 2.45) is 0 Å². The van der Waals surface area contributed by atoms with Gasteiger partial charge in [-0.15, -0.1) is 0 Å². The lowest BCUT2D eigenvalue weighted by Gasteiger charge is -2.26. The van der Waals surface area contributed by atoms with Gasteiger partial charge in [-0.3, -0.25) is 4.79 Å². The van der Waals surface area contributed by atoms with Crippen LogP contribution in [0.3, 0.4) is 0 Å². The number of rotatable bonds is 10. The second-order valence-electron chi connectivity index (χ2n) is 10.9. The van der Waals surface area contributed by atoms with Crippen LogP contribution in [0.2, 0.25) is 0 Å². The highest BCUT2D eigenvalue weighted by Crippen LogP contribution is 2.38. The average molecular weight is 502 g/mol. The van der Waals surface area contributed by atoms with Crippen LogP contribution in [-0.2, 0) is 15.5 Å². The summed E-state index contributed by atoms with van der Waals surface area (Å²) in [6, 6.07) is 10.0. The first-order valence-corrected chi connectivity index (χ1v) is 13.9. The summed E-state index contributed by atoms with van der Waals surface area (Å²) in [6.45, 7) is 20.6. The maximum absolute atomic E-state index is 13.5. The first kappa shape index (κ1) is 28.9. The van der Waals surface area contributed by atoms with E-state index < -0.39 is 21.9 Å². The molecule has 6 heteroatoms. The topological polar surface area (TPSA) is 72.5 Å². The maximum atomic E-state index is 13.5. The minimum Gasteiger partial charge on any atom is -0.379 e. The van der Waals surface area contributed by atoms with Gasteiger partial charge in [0.15, 0.2) is 21.7 Å². The first-order chi connectivity index (χ1) is 16.3. The Kier molecular flexibility index (Phi) is 9.96. The molecular formula is C29H43NO4S. The highest BCUT2D eigenvalue weighted by atomic mass is 32.2. The number of carbonyl (C=O) groups excluding carboxylic acids is 1. The molecule has 1 unspecified atom stereocenters. The Morgan fingerprint density at radius 2 is 1.14 bits per heavy atom. The van der Waals surface area contributed by atoms with Gasteiger partial charge >= 0.3 is 0 Å². The van der Waals surface area contributed by atoms with E-state index in [1.165, 1.54) is 0 Å². The Morgan fingerprint density at radius 3 is 1.49 bits per heavy atom. The zero-order chi connectivity index (χ0) is 26.6. The smallest absolute Gasteiger partial charge is 0.275 e. The van der Waals surface area contributed by atoms with Crippen molar-refractivity contribution >= 4 is 16.6 Å². The molecule has 35 heavy (non-hydrogen) atoms. The Labute approximate surface area is 213 Å². The summed E-state index contributed by atoms with van der Waals surface area (Å²) in [5, 5.41) is -1.34. The average Bonchev–Trinajstić information content (AvgIpc) is 2.76. The molecule has 0 aliphatic rings. The van der Waals surface area contributed by atoms with Crippen molar-refractivity contribution in [2.75, 3.05) is 0 Å². The molecule has 1 atom stereocenters. The van der Waals surface area contributed by atoms with Crippen molar-refractivity contribution < 1.29 is 18.0 Å². The highest BCUT2D eigenvalue weighted by Gasteiger charge is 2.32. The fourth-order valence-electron chi connectivity index (χ4n) is 4.42. The van der Waals surface area contributed by atoms with Crippen LogP contribution in [0.4, 0.5) is 0 Å². The van der Waals surface area contributed by atoms with Crippen LogP contribution in [0.5, 0.6) is 5.75 Å². The molecule has 0 radical (unpaired) electrons. The molecule has 2 aromatic carbocycles. The standard InChI is InChI=1S/C29H43NO4S/c1-16(2)21-14-24(19(7)8)26(25(15-21)20(9)10)28(35(32)33)29(31)30-34-27-22(17(3)4)12-11-13-23(27)18(5)6/h11-20,28,35H,1-10H3,(H,30,31). The summed E-state index contributed by atoms with van der Waals surface area (Å²) >= 11 is 0. The summed E-state index contributed by atoms with van der Waals surface area (Å²) in [4.78, 5) is 19.4. The van der Waals surface area contributed by atoms with Gasteiger partial charge in [0, 0.05) is 11.1 Å². The van der Waals surface area contributed by atoms with Gasteiger partial charge in [-0.1, -0.05) is 99.6 Å². The van der Waals surface area contributed by atoms with E-state index in [1.54, 1.807) is 0 Å². The van der Waals surface area contributed by atoms with Gasteiger partial charge < -0.3 is 4.84 Å². The number of nitrogens with one attached hydrogen (secondary N) is 1. The van der Waals surface area contributed by atoms with Crippen molar-refractivity contribution in [1.29, 1.82) is 0 Å². The molecule has 0 aliphatic heterocycles. The van der Waals surface area contributed by atoms with Crippen LogP contribution in [-0.4, -0.2) is 14.3 Å². The Hall–Kier alpha value is -2.34. The van der Waals surface area contributed by atoms with Crippen molar-refractivity contribution in [1.82, 2.24) is 5.48 Å². The van der Waals surface area contributed by atoms with E-state index in [-0.39, 0.29) is 29.6 Å². The van der Waals surface area contributed by atoms with E-state index in [0.717, 1.165) is 27.8 Å². The van der Waals surface area contributed by atoms with Crippen LogP contribution in [0, 0.1) is 0 Å². The predicted molar refractivity (Wildman–Crippen MR) is 145 cm³/mol. The summed E-state index contributed by atoms with van der Waals surface area (Å²) in [7, 11) is -3.10. The molecule has 0 fully saturated rings. The minimum atomic E-state index is -3.10. The van der Waals surface area contributed by atoms with E-state index in [4.69, 9.17) is 4.84 Å². The number of benzene rings is 2. The number of hydroxylamine groups is 1. The van der Waals surface area contributed by atoms with Crippen molar-refractivity contribution in [3.05, 3.63) is 63.7 Å². The van der Waals surface area contributed by atoms with Gasteiger partial charge in [0.1, 0.15) is 0 Å². The van der Waals surface area contributed by atoms with E-state index in [2.05, 4.69) is 59.2 Å². The van der Waals surface area contributed by atoms with Crippen LogP contribution in [0.15, 0.2) is 30.3 Å². The van der Waals surface area contributed by atoms with Gasteiger partial charge in [0.25, 0.3) is 5.91 Å².